The quantitative estimate of drug-likeness (QED) is 0.737. The van der Waals surface area contributed by atoms with E-state index < -0.39 is 11.8 Å². The van der Waals surface area contributed by atoms with E-state index >= 15 is 0 Å². The van der Waals surface area contributed by atoms with E-state index in [4.69, 9.17) is 0 Å². The molecule has 1 aromatic heterocycles. The Kier molecular flexibility index (Phi) is 6.50. The lowest BCUT2D eigenvalue weighted by atomic mass is 9.83. The zero-order chi connectivity index (χ0) is 21.9. The largest absolute Gasteiger partial charge is 0.421 e. The molecule has 0 spiro atoms. The molecular formula is C23H27F3N2O2. The van der Waals surface area contributed by atoms with Crippen LogP contribution in [0.15, 0.2) is 48.7 Å². The Hall–Kier alpha value is -2.41. The van der Waals surface area contributed by atoms with Gasteiger partial charge in [-0.05, 0) is 69.4 Å². The molecule has 1 heterocycles. The second-order valence-corrected chi connectivity index (χ2v) is 8.00. The first-order valence-corrected chi connectivity index (χ1v) is 10.3. The topological polar surface area (TPSA) is 53.4 Å². The number of carbonyl (C=O) groups excluding carboxylic acids is 1. The molecule has 3 rings (SSSR count). The van der Waals surface area contributed by atoms with Crippen LogP contribution in [-0.2, 0) is 5.60 Å². The van der Waals surface area contributed by atoms with Crippen LogP contribution in [0.5, 0.6) is 0 Å². The summed E-state index contributed by atoms with van der Waals surface area (Å²) in [6.07, 6.45) is 0.615. The van der Waals surface area contributed by atoms with Crippen molar-refractivity contribution >= 4 is 5.91 Å². The maximum Gasteiger partial charge on any atom is 0.421 e. The minimum atomic E-state index is -4.79. The average molecular weight is 420 g/mol. The molecule has 0 aliphatic heterocycles. The summed E-state index contributed by atoms with van der Waals surface area (Å²) in [5, 5.41) is 9.80. The van der Waals surface area contributed by atoms with Gasteiger partial charge >= 0.3 is 6.18 Å². The molecule has 1 aliphatic rings. The van der Waals surface area contributed by atoms with Gasteiger partial charge in [0.1, 0.15) is 0 Å². The number of pyridine rings is 1. The molecular weight excluding hydrogens is 393 g/mol. The van der Waals surface area contributed by atoms with Gasteiger partial charge in [0.15, 0.2) is 5.60 Å². The number of alkyl halides is 3. The molecule has 1 atom stereocenters. The van der Waals surface area contributed by atoms with Crippen molar-refractivity contribution in [2.45, 2.75) is 63.3 Å². The Morgan fingerprint density at radius 1 is 1.10 bits per heavy atom. The van der Waals surface area contributed by atoms with Crippen LogP contribution in [0.2, 0.25) is 0 Å². The molecule has 2 aromatic rings. The van der Waals surface area contributed by atoms with Gasteiger partial charge in [-0.25, -0.2) is 0 Å². The summed E-state index contributed by atoms with van der Waals surface area (Å²) < 4.78 is 39.1. The smallest absolute Gasteiger partial charge is 0.376 e. The summed E-state index contributed by atoms with van der Waals surface area (Å²) in [4.78, 5) is 19.2. The number of rotatable bonds is 5. The molecule has 1 N–H and O–H groups in total. The van der Waals surface area contributed by atoms with Crippen LogP contribution in [0.4, 0.5) is 13.2 Å². The van der Waals surface area contributed by atoms with Crippen molar-refractivity contribution in [1.82, 2.24) is 9.88 Å². The first kappa shape index (κ1) is 22.3. The molecule has 0 bridgehead atoms. The van der Waals surface area contributed by atoms with Crippen LogP contribution in [0.25, 0.3) is 0 Å². The molecule has 0 radical (unpaired) electrons. The molecule has 7 heteroatoms. The molecule has 0 saturated heterocycles. The molecule has 0 unspecified atom stereocenters. The summed E-state index contributed by atoms with van der Waals surface area (Å²) in [6.45, 7) is 3.15. The third kappa shape index (κ3) is 4.51. The van der Waals surface area contributed by atoms with E-state index in [1.54, 1.807) is 11.1 Å². The van der Waals surface area contributed by atoms with Crippen molar-refractivity contribution in [2.75, 3.05) is 6.54 Å². The van der Waals surface area contributed by atoms with E-state index in [0.717, 1.165) is 31.4 Å². The molecule has 1 aromatic carbocycles. The molecule has 1 aliphatic carbocycles. The Balaban J connectivity index is 1.68. The zero-order valence-electron chi connectivity index (χ0n) is 17.2. The average Bonchev–Trinajstić information content (AvgIpc) is 2.74. The number of aliphatic hydroxyl groups is 1. The predicted octanol–water partition coefficient (Wildman–Crippen LogP) is 5.04. The van der Waals surface area contributed by atoms with Crippen LogP contribution in [0.3, 0.4) is 0 Å². The van der Waals surface area contributed by atoms with Crippen molar-refractivity contribution in [3.8, 4) is 0 Å². The van der Waals surface area contributed by atoms with Crippen molar-refractivity contribution in [1.29, 1.82) is 0 Å². The monoisotopic (exact) mass is 420 g/mol. The van der Waals surface area contributed by atoms with Crippen molar-refractivity contribution < 1.29 is 23.1 Å². The van der Waals surface area contributed by atoms with E-state index in [-0.39, 0.29) is 17.5 Å². The number of nitrogens with zero attached hydrogens (tertiary/aromatic N) is 2. The number of aromatic nitrogens is 1. The van der Waals surface area contributed by atoms with E-state index in [0.29, 0.717) is 24.9 Å². The number of benzene rings is 1. The fraction of sp³-hybridized carbons (Fsp3) is 0.478. The Bertz CT molecular complexity index is 843. The number of hydrogen-bond acceptors (Lipinski definition) is 3. The third-order valence-corrected chi connectivity index (χ3v) is 6.09. The van der Waals surface area contributed by atoms with Crippen molar-refractivity contribution in [3.05, 3.63) is 65.5 Å². The van der Waals surface area contributed by atoms with E-state index in [2.05, 4.69) is 4.98 Å². The molecule has 162 valence electrons. The van der Waals surface area contributed by atoms with Gasteiger partial charge in [0.25, 0.3) is 5.91 Å². The minimum absolute atomic E-state index is 0.0976. The Labute approximate surface area is 174 Å². The normalized spacial score (nSPS) is 21.7. The molecule has 1 saturated carbocycles. The minimum Gasteiger partial charge on any atom is -0.376 e. The molecule has 1 amide bonds. The second kappa shape index (κ2) is 8.76. The maximum atomic E-state index is 13.0. The molecule has 1 fully saturated rings. The lowest BCUT2D eigenvalue weighted by Crippen LogP contribution is -2.42. The van der Waals surface area contributed by atoms with Gasteiger partial charge in [-0.2, -0.15) is 13.2 Å². The number of hydrogen-bond donors (Lipinski definition) is 1. The van der Waals surface area contributed by atoms with Crippen LogP contribution in [0, 0.1) is 0 Å². The van der Waals surface area contributed by atoms with E-state index in [1.165, 1.54) is 24.3 Å². The predicted molar refractivity (Wildman–Crippen MR) is 108 cm³/mol. The SMILES string of the molecule is CCN(C(=O)c1ccc([C@](C)(O)C(F)(F)F)cc1)C1CCC(c2ccccn2)CC1. The fourth-order valence-corrected chi connectivity index (χ4v) is 4.14. The standard InChI is InChI=1S/C23H27F3N2O2/c1-3-28(19-13-9-16(10-14-19)20-6-4-5-15-27-20)21(29)17-7-11-18(12-8-17)22(2,30)23(24,25)26/h4-8,11-12,15-16,19,30H,3,9-10,13-14H2,1-2H3/t16?,19?,22-/m0/s1. The van der Waals surface area contributed by atoms with Gasteiger partial charge in [-0.15, -0.1) is 0 Å². The van der Waals surface area contributed by atoms with E-state index in [1.807, 2.05) is 25.1 Å². The number of amides is 1. The van der Waals surface area contributed by atoms with Crippen molar-refractivity contribution in [2.24, 2.45) is 0 Å². The highest BCUT2D eigenvalue weighted by molar-refractivity contribution is 5.94. The van der Waals surface area contributed by atoms with Gasteiger partial charge < -0.3 is 10.0 Å². The summed E-state index contributed by atoms with van der Waals surface area (Å²) >= 11 is 0. The Morgan fingerprint density at radius 2 is 1.73 bits per heavy atom. The van der Waals surface area contributed by atoms with Crippen LogP contribution in [-0.4, -0.2) is 39.7 Å². The van der Waals surface area contributed by atoms with Crippen LogP contribution >= 0.6 is 0 Å². The molecule has 4 nitrogen and oxygen atoms in total. The van der Waals surface area contributed by atoms with Crippen LogP contribution < -0.4 is 0 Å². The highest BCUT2D eigenvalue weighted by atomic mass is 19.4. The van der Waals surface area contributed by atoms with Gasteiger partial charge in [0.2, 0.25) is 0 Å². The highest BCUT2D eigenvalue weighted by Crippen LogP contribution is 2.38. The Morgan fingerprint density at radius 3 is 2.23 bits per heavy atom. The third-order valence-electron chi connectivity index (χ3n) is 6.09. The van der Waals surface area contributed by atoms with Crippen molar-refractivity contribution in [3.63, 3.8) is 0 Å². The summed E-state index contributed by atoms with van der Waals surface area (Å²) in [6, 6.07) is 11.1. The lowest BCUT2D eigenvalue weighted by Gasteiger charge is -2.36. The number of halogens is 3. The van der Waals surface area contributed by atoms with Crippen LogP contribution in [0.1, 0.15) is 67.1 Å². The summed E-state index contributed by atoms with van der Waals surface area (Å²) in [5.74, 6) is 0.192. The zero-order valence-corrected chi connectivity index (χ0v) is 17.2. The molecule has 30 heavy (non-hydrogen) atoms. The first-order chi connectivity index (χ1) is 14.1. The van der Waals surface area contributed by atoms with Gasteiger partial charge in [0.05, 0.1) is 0 Å². The van der Waals surface area contributed by atoms with E-state index in [9.17, 15) is 23.1 Å². The first-order valence-electron chi connectivity index (χ1n) is 10.3. The fourth-order valence-electron chi connectivity index (χ4n) is 4.14. The summed E-state index contributed by atoms with van der Waals surface area (Å²) in [7, 11) is 0. The van der Waals surface area contributed by atoms with Gasteiger partial charge in [-0.1, -0.05) is 18.2 Å². The maximum absolute atomic E-state index is 13.0. The second-order valence-electron chi connectivity index (χ2n) is 8.00. The lowest BCUT2D eigenvalue weighted by molar-refractivity contribution is -0.258. The number of carbonyl (C=O) groups is 1. The van der Waals surface area contributed by atoms with Gasteiger partial charge in [-0.3, -0.25) is 9.78 Å². The van der Waals surface area contributed by atoms with Gasteiger partial charge in [0, 0.05) is 36.0 Å². The summed E-state index contributed by atoms with van der Waals surface area (Å²) in [5.41, 5.74) is -1.84. The highest BCUT2D eigenvalue weighted by Gasteiger charge is 2.51.